The number of nitrogens with zero attached hydrogens (tertiary/aromatic N) is 1. The zero-order valence-electron chi connectivity index (χ0n) is 7.25. The van der Waals surface area contributed by atoms with Crippen LogP contribution in [0.15, 0.2) is 18.2 Å². The molecule has 0 atom stereocenters. The number of anilines is 1. The number of hydrogen-bond acceptors (Lipinski definition) is 3. The van der Waals surface area contributed by atoms with Gasteiger partial charge >= 0.3 is 0 Å². The van der Waals surface area contributed by atoms with Crippen LogP contribution in [0.5, 0.6) is 0 Å². The molecule has 0 aliphatic rings. The first kappa shape index (κ1) is 9.32. The number of benzene rings is 1. The summed E-state index contributed by atoms with van der Waals surface area (Å²) in [5.74, 6) is 0. The first-order valence-electron chi connectivity index (χ1n) is 4.05. The maximum Gasteiger partial charge on any atom is 0.0696 e. The molecule has 1 aromatic heterocycles. The van der Waals surface area contributed by atoms with Gasteiger partial charge in [0.1, 0.15) is 0 Å². The first-order chi connectivity index (χ1) is 6.72. The number of fused-ring (bicyclic) bond motifs is 1. The summed E-state index contributed by atoms with van der Waals surface area (Å²) in [6.45, 7) is 0. The lowest BCUT2D eigenvalue weighted by atomic mass is 10.2. The lowest BCUT2D eigenvalue weighted by molar-refractivity contribution is 1.32. The fourth-order valence-corrected chi connectivity index (χ4v) is 2.58. The van der Waals surface area contributed by atoms with Gasteiger partial charge in [-0.3, -0.25) is 0 Å². The SMILES string of the molecule is N#CCc1cc2ccc(Cl)c(N)c2s1. The molecule has 0 aliphatic heterocycles. The lowest BCUT2D eigenvalue weighted by Crippen LogP contribution is -1.84. The molecule has 4 heteroatoms. The Morgan fingerprint density at radius 3 is 3.00 bits per heavy atom. The highest BCUT2D eigenvalue weighted by atomic mass is 35.5. The fourth-order valence-electron chi connectivity index (χ4n) is 1.32. The van der Waals surface area contributed by atoms with Crippen molar-refractivity contribution in [2.45, 2.75) is 6.42 Å². The van der Waals surface area contributed by atoms with E-state index in [-0.39, 0.29) is 0 Å². The summed E-state index contributed by atoms with van der Waals surface area (Å²) in [7, 11) is 0. The molecule has 0 radical (unpaired) electrons. The van der Waals surface area contributed by atoms with Crippen molar-refractivity contribution < 1.29 is 0 Å². The number of nitrogens with two attached hydrogens (primary N) is 1. The minimum absolute atomic E-state index is 0.427. The summed E-state index contributed by atoms with van der Waals surface area (Å²) in [5, 5.41) is 10.2. The average Bonchev–Trinajstić information content (AvgIpc) is 2.56. The first-order valence-corrected chi connectivity index (χ1v) is 5.25. The summed E-state index contributed by atoms with van der Waals surface area (Å²) >= 11 is 7.42. The molecule has 0 aliphatic carbocycles. The summed E-state index contributed by atoms with van der Waals surface area (Å²) in [6.07, 6.45) is 0.427. The van der Waals surface area contributed by atoms with Crippen molar-refractivity contribution in [2.75, 3.05) is 5.73 Å². The zero-order valence-corrected chi connectivity index (χ0v) is 8.82. The third-order valence-corrected chi connectivity index (χ3v) is 3.49. The molecule has 0 saturated carbocycles. The van der Waals surface area contributed by atoms with Crippen molar-refractivity contribution >= 4 is 38.7 Å². The van der Waals surface area contributed by atoms with Crippen LogP contribution in [-0.2, 0) is 6.42 Å². The molecule has 2 rings (SSSR count). The van der Waals surface area contributed by atoms with E-state index in [0.29, 0.717) is 17.1 Å². The third kappa shape index (κ3) is 1.43. The van der Waals surface area contributed by atoms with Crippen LogP contribution >= 0.6 is 22.9 Å². The van der Waals surface area contributed by atoms with Gasteiger partial charge in [-0.2, -0.15) is 5.26 Å². The van der Waals surface area contributed by atoms with Crippen LogP contribution in [0, 0.1) is 11.3 Å². The minimum atomic E-state index is 0.427. The number of nitriles is 1. The predicted octanol–water partition coefficient (Wildman–Crippen LogP) is 3.20. The highest BCUT2D eigenvalue weighted by Gasteiger charge is 2.06. The van der Waals surface area contributed by atoms with Crippen molar-refractivity contribution in [3.05, 3.63) is 28.1 Å². The molecule has 0 saturated heterocycles. The van der Waals surface area contributed by atoms with Crippen LogP contribution in [0.2, 0.25) is 5.02 Å². The molecule has 0 spiro atoms. The molecule has 2 aromatic rings. The molecule has 0 unspecified atom stereocenters. The Kier molecular flexibility index (Phi) is 2.32. The molecule has 0 amide bonds. The Balaban J connectivity index is 2.66. The summed E-state index contributed by atoms with van der Waals surface area (Å²) in [6, 6.07) is 7.80. The van der Waals surface area contributed by atoms with Gasteiger partial charge in [-0.15, -0.1) is 11.3 Å². The van der Waals surface area contributed by atoms with Gasteiger partial charge in [-0.05, 0) is 17.5 Å². The molecule has 0 fully saturated rings. The standard InChI is InChI=1S/C10H7ClN2S/c11-8-2-1-6-5-7(3-4-12)14-10(6)9(8)13/h1-2,5H,3,13H2. The van der Waals surface area contributed by atoms with E-state index in [0.717, 1.165) is 15.0 Å². The zero-order chi connectivity index (χ0) is 10.1. The fraction of sp³-hybridized carbons (Fsp3) is 0.100. The lowest BCUT2D eigenvalue weighted by Gasteiger charge is -1.97. The molecule has 0 bridgehead atoms. The highest BCUT2D eigenvalue weighted by Crippen LogP contribution is 2.34. The smallest absolute Gasteiger partial charge is 0.0696 e. The number of hydrogen-bond donors (Lipinski definition) is 1. The Morgan fingerprint density at radius 1 is 1.50 bits per heavy atom. The highest BCUT2D eigenvalue weighted by molar-refractivity contribution is 7.19. The van der Waals surface area contributed by atoms with Crippen LogP contribution in [-0.4, -0.2) is 0 Å². The summed E-state index contributed by atoms with van der Waals surface area (Å²) in [4.78, 5) is 1.02. The van der Waals surface area contributed by atoms with Crippen LogP contribution in [0.3, 0.4) is 0 Å². The van der Waals surface area contributed by atoms with E-state index in [4.69, 9.17) is 22.6 Å². The molecule has 2 nitrogen and oxygen atoms in total. The third-order valence-electron chi connectivity index (χ3n) is 1.98. The van der Waals surface area contributed by atoms with E-state index in [9.17, 15) is 0 Å². The number of thiophene rings is 1. The minimum Gasteiger partial charge on any atom is -0.396 e. The van der Waals surface area contributed by atoms with E-state index in [2.05, 4.69) is 6.07 Å². The summed E-state index contributed by atoms with van der Waals surface area (Å²) in [5.41, 5.74) is 6.43. The molecule has 70 valence electrons. The maximum absolute atomic E-state index is 8.57. The van der Waals surface area contributed by atoms with Gasteiger partial charge in [0.2, 0.25) is 0 Å². The monoisotopic (exact) mass is 222 g/mol. The Labute approximate surface area is 90.5 Å². The van der Waals surface area contributed by atoms with Gasteiger partial charge in [-0.1, -0.05) is 17.7 Å². The number of rotatable bonds is 1. The quantitative estimate of drug-likeness (QED) is 0.754. The molecular formula is C10H7ClN2S. The normalized spacial score (nSPS) is 10.3. The Bertz CT molecular complexity index is 525. The van der Waals surface area contributed by atoms with Gasteiger partial charge in [0.15, 0.2) is 0 Å². The average molecular weight is 223 g/mol. The van der Waals surface area contributed by atoms with Gasteiger partial charge < -0.3 is 5.73 Å². The Hall–Kier alpha value is -1.24. The van der Waals surface area contributed by atoms with Gasteiger partial charge in [0.25, 0.3) is 0 Å². The number of halogens is 1. The second-order valence-electron chi connectivity index (χ2n) is 2.93. The summed E-state index contributed by atoms with van der Waals surface area (Å²) < 4.78 is 0.975. The molecule has 1 heterocycles. The second-order valence-corrected chi connectivity index (χ2v) is 4.47. The van der Waals surface area contributed by atoms with Crippen molar-refractivity contribution in [2.24, 2.45) is 0 Å². The van der Waals surface area contributed by atoms with Crippen molar-refractivity contribution in [1.29, 1.82) is 5.26 Å². The van der Waals surface area contributed by atoms with E-state index >= 15 is 0 Å². The second kappa shape index (κ2) is 3.49. The molecule has 2 N–H and O–H groups in total. The maximum atomic E-state index is 8.57. The largest absolute Gasteiger partial charge is 0.396 e. The van der Waals surface area contributed by atoms with Gasteiger partial charge in [-0.25, -0.2) is 0 Å². The van der Waals surface area contributed by atoms with Crippen LogP contribution < -0.4 is 5.73 Å². The van der Waals surface area contributed by atoms with E-state index in [1.165, 1.54) is 11.3 Å². The van der Waals surface area contributed by atoms with Gasteiger partial charge in [0.05, 0.1) is 27.9 Å². The van der Waals surface area contributed by atoms with Gasteiger partial charge in [0, 0.05) is 4.88 Å². The Morgan fingerprint density at radius 2 is 2.29 bits per heavy atom. The predicted molar refractivity (Wildman–Crippen MR) is 60.6 cm³/mol. The van der Waals surface area contributed by atoms with E-state index in [1.54, 1.807) is 6.07 Å². The van der Waals surface area contributed by atoms with Crippen LogP contribution in [0.25, 0.3) is 10.1 Å². The van der Waals surface area contributed by atoms with E-state index < -0.39 is 0 Å². The van der Waals surface area contributed by atoms with Crippen molar-refractivity contribution in [3.8, 4) is 6.07 Å². The van der Waals surface area contributed by atoms with Crippen LogP contribution in [0.1, 0.15) is 4.88 Å². The van der Waals surface area contributed by atoms with E-state index in [1.807, 2.05) is 12.1 Å². The molecule has 1 aromatic carbocycles. The molecular weight excluding hydrogens is 216 g/mol. The van der Waals surface area contributed by atoms with Crippen molar-refractivity contribution in [1.82, 2.24) is 0 Å². The van der Waals surface area contributed by atoms with Crippen molar-refractivity contribution in [3.63, 3.8) is 0 Å². The van der Waals surface area contributed by atoms with Crippen LogP contribution in [0.4, 0.5) is 5.69 Å². The topological polar surface area (TPSA) is 49.8 Å². The number of nitrogen functional groups attached to an aromatic ring is 1. The molecule has 14 heavy (non-hydrogen) atoms.